The quantitative estimate of drug-likeness (QED) is 0.670. The highest BCUT2D eigenvalue weighted by Gasteiger charge is 2.20. The van der Waals surface area contributed by atoms with Crippen molar-refractivity contribution in [1.82, 2.24) is 0 Å². The Bertz CT molecular complexity index is 424. The van der Waals surface area contributed by atoms with Gasteiger partial charge in [0.2, 0.25) is 0 Å². The minimum atomic E-state index is -1.49. The molecule has 2 N–H and O–H groups in total. The molecule has 1 unspecified atom stereocenters. The minimum Gasteiger partial charge on any atom is -0.490 e. The number of ether oxygens (including phenoxy) is 2. The first-order valence-electron chi connectivity index (χ1n) is 6.85. The number of carboxylic acid groups (broad SMARTS) is 1. The van der Waals surface area contributed by atoms with Crippen LogP contribution in [0.3, 0.4) is 0 Å². The molecule has 20 heavy (non-hydrogen) atoms. The standard InChI is InChI=1S/C15H20O5/c16-14(15(17)18)10-20-13-5-3-11(4-6-13)7-8-19-9-12-1-2-12/h3-6,12,14,16H,1-2,7-10H2,(H,17,18). The lowest BCUT2D eigenvalue weighted by molar-refractivity contribution is -0.148. The number of rotatable bonds is 9. The van der Waals surface area contributed by atoms with Crippen molar-refractivity contribution in [2.45, 2.75) is 25.4 Å². The second kappa shape index (κ2) is 7.26. The van der Waals surface area contributed by atoms with Gasteiger partial charge in [0.1, 0.15) is 12.4 Å². The van der Waals surface area contributed by atoms with Gasteiger partial charge in [-0.15, -0.1) is 0 Å². The van der Waals surface area contributed by atoms with E-state index in [1.54, 1.807) is 12.1 Å². The Kier molecular flexibility index (Phi) is 5.38. The normalized spacial score (nSPS) is 15.8. The van der Waals surface area contributed by atoms with Crippen molar-refractivity contribution in [1.29, 1.82) is 0 Å². The molecule has 0 aliphatic heterocycles. The fourth-order valence-electron chi connectivity index (χ4n) is 1.72. The molecule has 2 rings (SSSR count). The van der Waals surface area contributed by atoms with Gasteiger partial charge in [0.15, 0.2) is 6.10 Å². The number of aliphatic hydroxyl groups excluding tert-OH is 1. The zero-order chi connectivity index (χ0) is 14.4. The van der Waals surface area contributed by atoms with Crippen molar-refractivity contribution in [3.05, 3.63) is 29.8 Å². The molecule has 0 radical (unpaired) electrons. The topological polar surface area (TPSA) is 76.0 Å². The molecule has 0 heterocycles. The maximum Gasteiger partial charge on any atom is 0.336 e. The van der Waals surface area contributed by atoms with E-state index in [1.807, 2.05) is 12.1 Å². The van der Waals surface area contributed by atoms with Gasteiger partial charge in [0.05, 0.1) is 6.61 Å². The Labute approximate surface area is 118 Å². The van der Waals surface area contributed by atoms with Crippen molar-refractivity contribution >= 4 is 5.97 Å². The Hall–Kier alpha value is -1.59. The van der Waals surface area contributed by atoms with Gasteiger partial charge < -0.3 is 19.7 Å². The molecule has 110 valence electrons. The summed E-state index contributed by atoms with van der Waals surface area (Å²) >= 11 is 0. The Morgan fingerprint density at radius 3 is 2.60 bits per heavy atom. The molecule has 1 saturated carbocycles. The Balaban J connectivity index is 1.67. The number of benzene rings is 1. The third-order valence-corrected chi connectivity index (χ3v) is 3.20. The summed E-state index contributed by atoms with van der Waals surface area (Å²) in [7, 11) is 0. The lowest BCUT2D eigenvalue weighted by atomic mass is 10.1. The summed E-state index contributed by atoms with van der Waals surface area (Å²) in [5.41, 5.74) is 1.15. The summed E-state index contributed by atoms with van der Waals surface area (Å²) in [6.45, 7) is 1.34. The van der Waals surface area contributed by atoms with Crippen LogP contribution in [0.2, 0.25) is 0 Å². The lowest BCUT2D eigenvalue weighted by Gasteiger charge is -2.09. The fraction of sp³-hybridized carbons (Fsp3) is 0.533. The van der Waals surface area contributed by atoms with Crippen LogP contribution >= 0.6 is 0 Å². The van der Waals surface area contributed by atoms with Crippen molar-refractivity contribution in [2.24, 2.45) is 5.92 Å². The molecule has 0 amide bonds. The minimum absolute atomic E-state index is 0.251. The second-order valence-corrected chi connectivity index (χ2v) is 5.08. The first kappa shape index (κ1) is 14.8. The summed E-state index contributed by atoms with van der Waals surface area (Å²) < 4.78 is 10.8. The highest BCUT2D eigenvalue weighted by molar-refractivity contribution is 5.72. The number of carbonyl (C=O) groups is 1. The summed E-state index contributed by atoms with van der Waals surface area (Å²) in [5, 5.41) is 17.6. The van der Waals surface area contributed by atoms with Crippen LogP contribution in [-0.4, -0.2) is 42.1 Å². The van der Waals surface area contributed by atoms with Gasteiger partial charge in [-0.1, -0.05) is 12.1 Å². The van der Waals surface area contributed by atoms with E-state index in [9.17, 15) is 4.79 Å². The van der Waals surface area contributed by atoms with E-state index in [4.69, 9.17) is 19.7 Å². The van der Waals surface area contributed by atoms with Crippen molar-refractivity contribution in [3.63, 3.8) is 0 Å². The van der Waals surface area contributed by atoms with E-state index in [2.05, 4.69) is 0 Å². The molecule has 1 atom stereocenters. The highest BCUT2D eigenvalue weighted by atomic mass is 16.5. The van der Waals surface area contributed by atoms with Gasteiger partial charge in [0, 0.05) is 6.61 Å². The van der Waals surface area contributed by atoms with Crippen LogP contribution in [0.15, 0.2) is 24.3 Å². The van der Waals surface area contributed by atoms with Crippen LogP contribution in [-0.2, 0) is 16.0 Å². The molecule has 1 aromatic rings. The van der Waals surface area contributed by atoms with E-state index < -0.39 is 12.1 Å². The number of hydrogen-bond acceptors (Lipinski definition) is 4. The Morgan fingerprint density at radius 2 is 2.00 bits per heavy atom. The van der Waals surface area contributed by atoms with Gasteiger partial charge in [-0.05, 0) is 42.9 Å². The molecule has 1 aromatic carbocycles. The highest BCUT2D eigenvalue weighted by Crippen LogP contribution is 2.28. The third-order valence-electron chi connectivity index (χ3n) is 3.20. The number of aliphatic carboxylic acids is 1. The average molecular weight is 280 g/mol. The fourth-order valence-corrected chi connectivity index (χ4v) is 1.72. The molecule has 5 heteroatoms. The van der Waals surface area contributed by atoms with Crippen molar-refractivity contribution in [3.8, 4) is 5.75 Å². The molecule has 0 bridgehead atoms. The first-order valence-corrected chi connectivity index (χ1v) is 6.85. The number of carboxylic acids is 1. The van der Waals surface area contributed by atoms with Gasteiger partial charge in [0.25, 0.3) is 0 Å². The first-order chi connectivity index (χ1) is 9.65. The monoisotopic (exact) mass is 280 g/mol. The molecule has 5 nitrogen and oxygen atoms in total. The molecule has 1 aliphatic carbocycles. The number of hydrogen-bond donors (Lipinski definition) is 2. The summed E-state index contributed by atoms with van der Waals surface area (Å²) in [5.74, 6) is 0.0498. The van der Waals surface area contributed by atoms with E-state index >= 15 is 0 Å². The van der Waals surface area contributed by atoms with Crippen LogP contribution in [0, 0.1) is 5.92 Å². The van der Waals surface area contributed by atoms with Crippen molar-refractivity contribution < 1.29 is 24.5 Å². The predicted molar refractivity (Wildman–Crippen MR) is 72.8 cm³/mol. The van der Waals surface area contributed by atoms with Crippen molar-refractivity contribution in [2.75, 3.05) is 19.8 Å². The maximum absolute atomic E-state index is 10.4. The van der Waals surface area contributed by atoms with Crippen LogP contribution in [0.5, 0.6) is 5.75 Å². The second-order valence-electron chi connectivity index (χ2n) is 5.08. The lowest BCUT2D eigenvalue weighted by Crippen LogP contribution is -2.26. The van der Waals surface area contributed by atoms with E-state index in [0.717, 1.165) is 24.5 Å². The average Bonchev–Trinajstić information content (AvgIpc) is 3.26. The molecule has 1 fully saturated rings. The molecule has 0 saturated heterocycles. The smallest absolute Gasteiger partial charge is 0.336 e. The predicted octanol–water partition coefficient (Wildman–Crippen LogP) is 1.48. The van der Waals surface area contributed by atoms with Crippen LogP contribution < -0.4 is 4.74 Å². The van der Waals surface area contributed by atoms with Gasteiger partial charge in [-0.2, -0.15) is 0 Å². The molecular weight excluding hydrogens is 260 g/mol. The summed E-state index contributed by atoms with van der Waals surface area (Å²) in [6.07, 6.45) is 1.96. The molecule has 0 spiro atoms. The largest absolute Gasteiger partial charge is 0.490 e. The number of aliphatic hydroxyl groups is 1. The third kappa shape index (κ3) is 5.19. The van der Waals surface area contributed by atoms with E-state index in [-0.39, 0.29) is 6.61 Å². The van der Waals surface area contributed by atoms with E-state index in [1.165, 1.54) is 12.8 Å². The van der Waals surface area contributed by atoms with E-state index in [0.29, 0.717) is 12.4 Å². The van der Waals surface area contributed by atoms with Gasteiger partial charge >= 0.3 is 5.97 Å². The maximum atomic E-state index is 10.4. The van der Waals surface area contributed by atoms with Crippen LogP contribution in [0.25, 0.3) is 0 Å². The van der Waals surface area contributed by atoms with Crippen LogP contribution in [0.1, 0.15) is 18.4 Å². The summed E-state index contributed by atoms with van der Waals surface area (Å²) in [6, 6.07) is 7.38. The zero-order valence-corrected chi connectivity index (χ0v) is 11.3. The van der Waals surface area contributed by atoms with Gasteiger partial charge in [-0.3, -0.25) is 0 Å². The Morgan fingerprint density at radius 1 is 1.30 bits per heavy atom. The molecular formula is C15H20O5. The van der Waals surface area contributed by atoms with Gasteiger partial charge in [-0.25, -0.2) is 4.79 Å². The molecule has 1 aliphatic rings. The molecule has 0 aromatic heterocycles. The van der Waals surface area contributed by atoms with Crippen LogP contribution in [0.4, 0.5) is 0 Å². The SMILES string of the molecule is O=C(O)C(O)COc1ccc(CCOCC2CC2)cc1. The summed E-state index contributed by atoms with van der Waals surface area (Å²) in [4.78, 5) is 10.4. The zero-order valence-electron chi connectivity index (χ0n) is 11.3.